The molecule has 3 nitrogen and oxygen atoms in total. The largest absolute Gasteiger partial charge is 0.469 e. The molecule has 0 radical (unpaired) electrons. The lowest BCUT2D eigenvalue weighted by Gasteiger charge is -2.24. The Bertz CT molecular complexity index is 531. The van der Waals surface area contributed by atoms with Gasteiger partial charge < -0.3 is 15.3 Å². The maximum absolute atomic E-state index is 9.42. The third kappa shape index (κ3) is 3.00. The number of hydrogen-bond donors (Lipinski definition) is 2. The van der Waals surface area contributed by atoms with Crippen LogP contribution >= 0.6 is 0 Å². The molecule has 0 amide bonds. The van der Waals surface area contributed by atoms with E-state index in [1.54, 1.807) is 13.2 Å². The second-order valence-electron chi connectivity index (χ2n) is 4.99. The molecule has 0 saturated heterocycles. The van der Waals surface area contributed by atoms with Gasteiger partial charge in [0.15, 0.2) is 0 Å². The Kier molecular flexibility index (Phi) is 3.55. The van der Waals surface area contributed by atoms with Gasteiger partial charge >= 0.3 is 0 Å². The van der Waals surface area contributed by atoms with Crippen molar-refractivity contribution >= 4 is 0 Å². The predicted molar refractivity (Wildman–Crippen MR) is 70.5 cm³/mol. The van der Waals surface area contributed by atoms with Crippen LogP contribution in [0.25, 0.3) is 0 Å². The maximum Gasteiger partial charge on any atom is 0.113 e. The molecule has 0 saturated carbocycles. The Hall–Kier alpha value is -1.58. The lowest BCUT2D eigenvalue weighted by Crippen LogP contribution is -2.43. The van der Waals surface area contributed by atoms with E-state index >= 15 is 0 Å². The Morgan fingerprint density at radius 1 is 1.22 bits per heavy atom. The van der Waals surface area contributed by atoms with Crippen molar-refractivity contribution in [3.8, 4) is 0 Å². The topological polar surface area (TPSA) is 59.4 Å². The molecule has 3 heteroatoms. The SMILES string of the molecule is CC(Cc1ccco1)C(C)(N)O.c1cc2ccc1=2. The van der Waals surface area contributed by atoms with Gasteiger partial charge in [0.2, 0.25) is 0 Å². The zero-order valence-corrected chi connectivity index (χ0v) is 10.8. The summed E-state index contributed by atoms with van der Waals surface area (Å²) in [4.78, 5) is 0. The number of rotatable bonds is 3. The molecule has 2 atom stereocenters. The first-order valence-corrected chi connectivity index (χ1v) is 6.11. The third-order valence-corrected chi connectivity index (χ3v) is 3.30. The van der Waals surface area contributed by atoms with Gasteiger partial charge in [-0.15, -0.1) is 0 Å². The van der Waals surface area contributed by atoms with Crippen molar-refractivity contribution in [3.05, 3.63) is 58.9 Å². The lowest BCUT2D eigenvalue weighted by molar-refractivity contribution is 0.0108. The van der Waals surface area contributed by atoms with Crippen LogP contribution in [-0.4, -0.2) is 10.8 Å². The van der Waals surface area contributed by atoms with E-state index in [2.05, 4.69) is 24.3 Å². The number of benzene rings is 1. The molecule has 0 spiro atoms. The molecule has 0 aliphatic heterocycles. The standard InChI is InChI=1S/C9H15NO2.C6H4/c1-7(9(2,10)11)6-8-4-3-5-12-8;1-2-6-4-3-5(1)6/h3-5,7,11H,6,10H2,1-2H3;1-4H. The smallest absolute Gasteiger partial charge is 0.113 e. The molecule has 0 aromatic carbocycles. The average molecular weight is 245 g/mol. The summed E-state index contributed by atoms with van der Waals surface area (Å²) in [6.07, 6.45) is 2.28. The minimum Gasteiger partial charge on any atom is -0.469 e. The minimum atomic E-state index is -1.13. The second-order valence-corrected chi connectivity index (χ2v) is 4.99. The summed E-state index contributed by atoms with van der Waals surface area (Å²) in [5.74, 6) is 0.844. The minimum absolute atomic E-state index is 0.0105. The van der Waals surface area contributed by atoms with E-state index in [0.717, 1.165) is 5.76 Å². The highest BCUT2D eigenvalue weighted by Gasteiger charge is 2.23. The van der Waals surface area contributed by atoms with Gasteiger partial charge in [0, 0.05) is 12.3 Å². The fourth-order valence-corrected chi connectivity index (χ4v) is 1.60. The van der Waals surface area contributed by atoms with Crippen LogP contribution in [0.5, 0.6) is 0 Å². The molecule has 0 fully saturated rings. The van der Waals surface area contributed by atoms with Gasteiger partial charge in [-0.05, 0) is 29.5 Å². The van der Waals surface area contributed by atoms with Crippen molar-refractivity contribution in [2.24, 2.45) is 11.7 Å². The molecule has 1 heterocycles. The van der Waals surface area contributed by atoms with Crippen LogP contribution in [0.4, 0.5) is 0 Å². The van der Waals surface area contributed by atoms with Gasteiger partial charge in [-0.2, -0.15) is 0 Å². The molecule has 1 aromatic rings. The summed E-state index contributed by atoms with van der Waals surface area (Å²) < 4.78 is 5.13. The fraction of sp³-hybridized carbons (Fsp3) is 0.333. The molecule has 2 aliphatic rings. The zero-order valence-electron chi connectivity index (χ0n) is 10.8. The summed E-state index contributed by atoms with van der Waals surface area (Å²) in [5.41, 5.74) is 4.38. The van der Waals surface area contributed by atoms with Gasteiger partial charge in [-0.1, -0.05) is 31.2 Å². The van der Waals surface area contributed by atoms with Crippen molar-refractivity contribution in [1.82, 2.24) is 0 Å². The Morgan fingerprint density at radius 3 is 2.06 bits per heavy atom. The number of hydrogen-bond acceptors (Lipinski definition) is 3. The van der Waals surface area contributed by atoms with E-state index in [1.165, 1.54) is 10.4 Å². The molecule has 0 bridgehead atoms. The van der Waals surface area contributed by atoms with Crippen molar-refractivity contribution in [1.29, 1.82) is 0 Å². The zero-order chi connectivity index (χ0) is 13.2. The van der Waals surface area contributed by atoms with Crippen molar-refractivity contribution < 1.29 is 9.52 Å². The number of nitrogens with two attached hydrogens (primary N) is 1. The highest BCUT2D eigenvalue weighted by Crippen LogP contribution is 2.16. The van der Waals surface area contributed by atoms with Gasteiger partial charge in [0.05, 0.1) is 6.26 Å². The normalized spacial score (nSPS) is 16.2. The first-order chi connectivity index (χ1) is 8.47. The molecule has 96 valence electrons. The molecule has 18 heavy (non-hydrogen) atoms. The van der Waals surface area contributed by atoms with Gasteiger partial charge in [-0.3, -0.25) is 0 Å². The highest BCUT2D eigenvalue weighted by molar-refractivity contribution is 5.22. The number of furan rings is 1. The Labute approximate surface area is 107 Å². The van der Waals surface area contributed by atoms with Crippen LogP contribution in [0.3, 0.4) is 0 Å². The Morgan fingerprint density at radius 2 is 1.78 bits per heavy atom. The molecule has 2 aliphatic carbocycles. The molecular weight excluding hydrogens is 226 g/mol. The van der Waals surface area contributed by atoms with E-state index in [9.17, 15) is 5.11 Å². The summed E-state index contributed by atoms with van der Waals surface area (Å²) >= 11 is 0. The summed E-state index contributed by atoms with van der Waals surface area (Å²) in [7, 11) is 0. The molecular formula is C15H19NO2. The van der Waals surface area contributed by atoms with Crippen molar-refractivity contribution in [2.45, 2.75) is 26.0 Å². The van der Waals surface area contributed by atoms with E-state index in [-0.39, 0.29) is 5.92 Å². The average Bonchev–Trinajstić information content (AvgIpc) is 2.75. The summed E-state index contributed by atoms with van der Waals surface area (Å²) in [5, 5.41) is 12.3. The van der Waals surface area contributed by atoms with Gasteiger partial charge in [-0.25, -0.2) is 0 Å². The first-order valence-electron chi connectivity index (χ1n) is 6.11. The maximum atomic E-state index is 9.42. The van der Waals surface area contributed by atoms with Crippen LogP contribution in [0.15, 0.2) is 47.1 Å². The van der Waals surface area contributed by atoms with Gasteiger partial charge in [0.25, 0.3) is 0 Å². The van der Waals surface area contributed by atoms with E-state index in [1.807, 2.05) is 19.1 Å². The van der Waals surface area contributed by atoms with Crippen LogP contribution < -0.4 is 5.73 Å². The monoisotopic (exact) mass is 245 g/mol. The van der Waals surface area contributed by atoms with E-state index < -0.39 is 5.72 Å². The van der Waals surface area contributed by atoms with Crippen LogP contribution in [-0.2, 0) is 6.42 Å². The second kappa shape index (κ2) is 4.96. The fourth-order valence-electron chi connectivity index (χ4n) is 1.60. The molecule has 1 aromatic heterocycles. The summed E-state index contributed by atoms with van der Waals surface area (Å²) in [6, 6.07) is 12.2. The van der Waals surface area contributed by atoms with Crippen LogP contribution in [0, 0.1) is 16.4 Å². The van der Waals surface area contributed by atoms with E-state index in [0.29, 0.717) is 6.42 Å². The van der Waals surface area contributed by atoms with Crippen LogP contribution in [0.1, 0.15) is 19.6 Å². The van der Waals surface area contributed by atoms with Gasteiger partial charge in [0.1, 0.15) is 11.5 Å². The third-order valence-electron chi connectivity index (χ3n) is 3.30. The summed E-state index contributed by atoms with van der Waals surface area (Å²) in [6.45, 7) is 3.49. The predicted octanol–water partition coefficient (Wildman–Crippen LogP) is 2.41. The quantitative estimate of drug-likeness (QED) is 0.697. The molecule has 2 unspecified atom stereocenters. The van der Waals surface area contributed by atoms with Crippen molar-refractivity contribution in [3.63, 3.8) is 0 Å². The first kappa shape index (κ1) is 12.9. The molecule has 3 N–H and O–H groups in total. The lowest BCUT2D eigenvalue weighted by atomic mass is 9.96. The highest BCUT2D eigenvalue weighted by atomic mass is 16.3. The van der Waals surface area contributed by atoms with Crippen molar-refractivity contribution in [2.75, 3.05) is 0 Å². The van der Waals surface area contributed by atoms with Crippen LogP contribution in [0.2, 0.25) is 0 Å². The number of aliphatic hydroxyl groups is 1. The Balaban J connectivity index is 0.000000164. The van der Waals surface area contributed by atoms with E-state index in [4.69, 9.17) is 10.2 Å². The molecule has 3 rings (SSSR count).